The molecule has 0 amide bonds. The van der Waals surface area contributed by atoms with Crippen LogP contribution in [0.15, 0.2) is 36.4 Å². The maximum Gasteiger partial charge on any atom is 0.0167 e. The van der Waals surface area contributed by atoms with Gasteiger partial charge in [0.15, 0.2) is 0 Å². The Morgan fingerprint density at radius 1 is 1.12 bits per heavy atom. The van der Waals surface area contributed by atoms with Crippen LogP contribution in [0.2, 0.25) is 0 Å². The zero-order valence-electron chi connectivity index (χ0n) is 11.0. The van der Waals surface area contributed by atoms with Gasteiger partial charge in [0.05, 0.1) is 0 Å². The first-order valence-corrected chi connectivity index (χ1v) is 6.60. The van der Waals surface area contributed by atoms with Crippen molar-refractivity contribution in [2.75, 3.05) is 32.7 Å². The van der Waals surface area contributed by atoms with Crippen molar-refractivity contribution in [1.82, 2.24) is 10.2 Å². The van der Waals surface area contributed by atoms with E-state index in [1.54, 1.807) is 0 Å². The van der Waals surface area contributed by atoms with Crippen molar-refractivity contribution >= 4 is 6.08 Å². The van der Waals surface area contributed by atoms with Crippen LogP contribution in [0.5, 0.6) is 0 Å². The van der Waals surface area contributed by atoms with Gasteiger partial charge in [0.2, 0.25) is 0 Å². The van der Waals surface area contributed by atoms with Gasteiger partial charge in [0, 0.05) is 32.7 Å². The lowest BCUT2D eigenvalue weighted by Gasteiger charge is -2.25. The van der Waals surface area contributed by atoms with Crippen molar-refractivity contribution in [3.8, 4) is 0 Å². The van der Waals surface area contributed by atoms with Gasteiger partial charge in [-0.25, -0.2) is 0 Å². The van der Waals surface area contributed by atoms with Gasteiger partial charge in [-0.2, -0.15) is 0 Å². The summed E-state index contributed by atoms with van der Waals surface area (Å²) in [7, 11) is 0. The Morgan fingerprint density at radius 2 is 1.76 bits per heavy atom. The number of hydrogen-bond donors (Lipinski definition) is 1. The number of nitrogens with zero attached hydrogens (tertiary/aromatic N) is 1. The molecule has 17 heavy (non-hydrogen) atoms. The second-order valence-corrected chi connectivity index (χ2v) is 3.86. The molecular weight excluding hydrogens is 208 g/mol. The summed E-state index contributed by atoms with van der Waals surface area (Å²) in [6, 6.07) is 10.5. The molecule has 1 saturated heterocycles. The van der Waals surface area contributed by atoms with Crippen LogP contribution in [0, 0.1) is 0 Å². The predicted octanol–water partition coefficient (Wildman–Crippen LogP) is 2.63. The molecule has 1 aromatic carbocycles. The Labute approximate surface area is 105 Å². The van der Waals surface area contributed by atoms with Gasteiger partial charge in [-0.05, 0) is 5.56 Å². The average molecular weight is 232 g/mol. The number of benzene rings is 1. The summed E-state index contributed by atoms with van der Waals surface area (Å²) in [5, 5.41) is 3.36. The summed E-state index contributed by atoms with van der Waals surface area (Å²) in [6.45, 7) is 9.65. The first-order chi connectivity index (χ1) is 8.45. The van der Waals surface area contributed by atoms with E-state index < -0.39 is 0 Å². The summed E-state index contributed by atoms with van der Waals surface area (Å²) in [6.07, 6.45) is 4.45. The Bertz CT molecular complexity index is 300. The second-order valence-electron chi connectivity index (χ2n) is 3.86. The van der Waals surface area contributed by atoms with Gasteiger partial charge in [-0.15, -0.1) is 0 Å². The third-order valence-electron chi connectivity index (χ3n) is 2.68. The number of rotatable bonds is 3. The molecule has 1 fully saturated rings. The van der Waals surface area contributed by atoms with Crippen molar-refractivity contribution in [1.29, 1.82) is 0 Å². The van der Waals surface area contributed by atoms with E-state index in [1.165, 1.54) is 18.7 Å². The molecular formula is C15H24N2. The van der Waals surface area contributed by atoms with Gasteiger partial charge < -0.3 is 5.32 Å². The zero-order chi connectivity index (χ0) is 12.3. The van der Waals surface area contributed by atoms with Crippen LogP contribution in [0.4, 0.5) is 0 Å². The highest BCUT2D eigenvalue weighted by atomic mass is 15.2. The molecule has 1 aliphatic heterocycles. The van der Waals surface area contributed by atoms with Crippen molar-refractivity contribution in [2.45, 2.75) is 13.8 Å². The van der Waals surface area contributed by atoms with Gasteiger partial charge in [0.25, 0.3) is 0 Å². The van der Waals surface area contributed by atoms with Crippen LogP contribution in [0.25, 0.3) is 6.08 Å². The third kappa shape index (κ3) is 5.66. The minimum Gasteiger partial charge on any atom is -0.314 e. The Morgan fingerprint density at radius 3 is 2.41 bits per heavy atom. The monoisotopic (exact) mass is 232 g/mol. The molecule has 1 aliphatic rings. The van der Waals surface area contributed by atoms with Gasteiger partial charge in [-0.3, -0.25) is 4.90 Å². The molecule has 0 aliphatic carbocycles. The number of nitrogens with one attached hydrogen (secondary N) is 1. The van der Waals surface area contributed by atoms with Crippen LogP contribution < -0.4 is 5.32 Å². The number of hydrogen-bond acceptors (Lipinski definition) is 2. The molecule has 1 heterocycles. The quantitative estimate of drug-likeness (QED) is 0.862. The maximum absolute atomic E-state index is 3.36. The SMILES string of the molecule is C(=C\c1ccccc1)/CN1CCNCC1.CC. The van der Waals surface area contributed by atoms with E-state index in [4.69, 9.17) is 0 Å². The molecule has 1 aromatic rings. The highest BCUT2D eigenvalue weighted by Crippen LogP contribution is 2.01. The summed E-state index contributed by atoms with van der Waals surface area (Å²) in [5.74, 6) is 0. The summed E-state index contributed by atoms with van der Waals surface area (Å²) in [5.41, 5.74) is 1.28. The van der Waals surface area contributed by atoms with Gasteiger partial charge in [0.1, 0.15) is 0 Å². The van der Waals surface area contributed by atoms with E-state index in [2.05, 4.69) is 46.6 Å². The molecule has 2 rings (SSSR count). The molecule has 94 valence electrons. The standard InChI is InChI=1S/C13H18N2.C2H6/c1-2-5-13(6-3-1)7-4-10-15-11-8-14-9-12-15;1-2/h1-7,14H,8-12H2;1-2H3/b7-4+;. The van der Waals surface area contributed by atoms with Gasteiger partial charge >= 0.3 is 0 Å². The van der Waals surface area contributed by atoms with E-state index >= 15 is 0 Å². The summed E-state index contributed by atoms with van der Waals surface area (Å²) < 4.78 is 0. The average Bonchev–Trinajstić information content (AvgIpc) is 2.43. The van der Waals surface area contributed by atoms with Crippen LogP contribution >= 0.6 is 0 Å². The van der Waals surface area contributed by atoms with E-state index in [0.717, 1.165) is 19.6 Å². The van der Waals surface area contributed by atoms with Crippen LogP contribution in [0.1, 0.15) is 19.4 Å². The fourth-order valence-electron chi connectivity index (χ4n) is 1.80. The second kappa shape index (κ2) is 8.97. The van der Waals surface area contributed by atoms with Crippen molar-refractivity contribution in [2.24, 2.45) is 0 Å². The Hall–Kier alpha value is -1.12. The Kier molecular flexibility index (Phi) is 7.35. The first-order valence-electron chi connectivity index (χ1n) is 6.60. The smallest absolute Gasteiger partial charge is 0.0167 e. The summed E-state index contributed by atoms with van der Waals surface area (Å²) in [4.78, 5) is 2.47. The molecule has 2 nitrogen and oxygen atoms in total. The first kappa shape index (κ1) is 13.9. The lowest BCUT2D eigenvalue weighted by atomic mass is 10.2. The summed E-state index contributed by atoms with van der Waals surface area (Å²) >= 11 is 0. The predicted molar refractivity (Wildman–Crippen MR) is 76.1 cm³/mol. The zero-order valence-corrected chi connectivity index (χ0v) is 11.0. The maximum atomic E-state index is 3.36. The lowest BCUT2D eigenvalue weighted by molar-refractivity contribution is 0.265. The fraction of sp³-hybridized carbons (Fsp3) is 0.467. The van der Waals surface area contributed by atoms with E-state index in [0.29, 0.717) is 0 Å². The van der Waals surface area contributed by atoms with E-state index in [9.17, 15) is 0 Å². The Balaban J connectivity index is 0.000000686. The highest BCUT2D eigenvalue weighted by Gasteiger charge is 2.06. The highest BCUT2D eigenvalue weighted by molar-refractivity contribution is 5.48. The third-order valence-corrected chi connectivity index (χ3v) is 2.68. The molecule has 0 spiro atoms. The molecule has 0 atom stereocenters. The minimum atomic E-state index is 1.07. The molecule has 2 heteroatoms. The van der Waals surface area contributed by atoms with Crippen LogP contribution in [0.3, 0.4) is 0 Å². The normalized spacial score (nSPS) is 16.6. The van der Waals surface area contributed by atoms with Crippen molar-refractivity contribution in [3.05, 3.63) is 42.0 Å². The molecule has 0 saturated carbocycles. The molecule has 0 aromatic heterocycles. The molecule has 0 unspecified atom stereocenters. The van der Waals surface area contributed by atoms with Crippen molar-refractivity contribution < 1.29 is 0 Å². The lowest BCUT2D eigenvalue weighted by Crippen LogP contribution is -2.43. The molecule has 1 N–H and O–H groups in total. The minimum absolute atomic E-state index is 1.07. The van der Waals surface area contributed by atoms with Crippen LogP contribution in [-0.2, 0) is 0 Å². The van der Waals surface area contributed by atoms with E-state index in [-0.39, 0.29) is 0 Å². The molecule has 0 radical (unpaired) electrons. The van der Waals surface area contributed by atoms with E-state index in [1.807, 2.05) is 19.9 Å². The van der Waals surface area contributed by atoms with Crippen LogP contribution in [-0.4, -0.2) is 37.6 Å². The van der Waals surface area contributed by atoms with Crippen molar-refractivity contribution in [3.63, 3.8) is 0 Å². The topological polar surface area (TPSA) is 15.3 Å². The van der Waals surface area contributed by atoms with Gasteiger partial charge in [-0.1, -0.05) is 56.3 Å². The molecule has 0 bridgehead atoms. The largest absolute Gasteiger partial charge is 0.314 e. The fourth-order valence-corrected chi connectivity index (χ4v) is 1.80. The number of piperazine rings is 1.